The molecule has 4 heteroatoms. The first-order chi connectivity index (χ1) is 8.26. The van der Waals surface area contributed by atoms with Gasteiger partial charge >= 0.3 is 0 Å². The minimum Gasteiger partial charge on any atom is -0.411 e. The molecule has 4 nitrogen and oxygen atoms in total. The molecule has 0 spiro atoms. The summed E-state index contributed by atoms with van der Waals surface area (Å²) in [7, 11) is 0. The van der Waals surface area contributed by atoms with Gasteiger partial charge in [-0.3, -0.25) is 9.88 Å². The molecule has 0 aliphatic carbocycles. The van der Waals surface area contributed by atoms with E-state index in [2.05, 4.69) is 22.0 Å². The second-order valence-corrected chi connectivity index (χ2v) is 4.22. The highest BCUT2D eigenvalue weighted by Gasteiger charge is 2.07. The number of rotatable bonds is 7. The smallest absolute Gasteiger partial charge is 0.0680 e. The van der Waals surface area contributed by atoms with E-state index in [4.69, 9.17) is 5.21 Å². The van der Waals surface area contributed by atoms with Crippen LogP contribution in [-0.4, -0.2) is 33.9 Å². The zero-order chi connectivity index (χ0) is 12.5. The molecule has 1 heterocycles. The summed E-state index contributed by atoms with van der Waals surface area (Å²) in [4.78, 5) is 6.57. The van der Waals surface area contributed by atoms with Crippen LogP contribution in [0.25, 0.3) is 0 Å². The lowest BCUT2D eigenvalue weighted by Crippen LogP contribution is -2.29. The molecule has 0 aliphatic heterocycles. The Morgan fingerprint density at radius 2 is 2.29 bits per heavy atom. The second-order valence-electron chi connectivity index (χ2n) is 4.22. The second kappa shape index (κ2) is 7.79. The molecular formula is C13H21N3O. The molecule has 0 radical (unpaired) electrons. The van der Waals surface area contributed by atoms with Crippen LogP contribution in [0.1, 0.15) is 32.4 Å². The number of oxime groups is 1. The fourth-order valence-electron chi connectivity index (χ4n) is 1.67. The van der Waals surface area contributed by atoms with Crippen LogP contribution in [0, 0.1) is 0 Å². The molecule has 0 amide bonds. The molecule has 0 aliphatic rings. The van der Waals surface area contributed by atoms with E-state index in [9.17, 15) is 0 Å². The SMILES string of the molecule is CCCCN(C/C(C)=N/O)Cc1ccccn1. The molecule has 0 saturated heterocycles. The summed E-state index contributed by atoms with van der Waals surface area (Å²) in [5.74, 6) is 0. The molecule has 0 unspecified atom stereocenters. The number of pyridine rings is 1. The van der Waals surface area contributed by atoms with Gasteiger partial charge in [-0.15, -0.1) is 0 Å². The van der Waals surface area contributed by atoms with Crippen molar-refractivity contribution in [3.63, 3.8) is 0 Å². The van der Waals surface area contributed by atoms with Gasteiger partial charge in [0, 0.05) is 19.3 Å². The summed E-state index contributed by atoms with van der Waals surface area (Å²) in [6, 6.07) is 5.93. The van der Waals surface area contributed by atoms with E-state index in [1.807, 2.05) is 25.1 Å². The van der Waals surface area contributed by atoms with Gasteiger partial charge in [-0.1, -0.05) is 24.6 Å². The van der Waals surface area contributed by atoms with Crippen LogP contribution in [0.4, 0.5) is 0 Å². The lowest BCUT2D eigenvalue weighted by molar-refractivity contribution is 0.280. The molecule has 0 aromatic carbocycles. The molecule has 0 saturated carbocycles. The Labute approximate surface area is 103 Å². The van der Waals surface area contributed by atoms with Crippen molar-refractivity contribution >= 4 is 5.71 Å². The number of hydrogen-bond acceptors (Lipinski definition) is 4. The van der Waals surface area contributed by atoms with Gasteiger partial charge in [0.25, 0.3) is 0 Å². The topological polar surface area (TPSA) is 48.7 Å². The molecule has 1 N–H and O–H groups in total. The van der Waals surface area contributed by atoms with Gasteiger partial charge in [0.05, 0.1) is 11.4 Å². The van der Waals surface area contributed by atoms with Gasteiger partial charge in [-0.05, 0) is 32.0 Å². The van der Waals surface area contributed by atoms with Crippen LogP contribution in [0.5, 0.6) is 0 Å². The van der Waals surface area contributed by atoms with E-state index in [1.165, 1.54) is 0 Å². The molecule has 1 aromatic heterocycles. The zero-order valence-electron chi connectivity index (χ0n) is 10.6. The maximum atomic E-state index is 8.72. The summed E-state index contributed by atoms with van der Waals surface area (Å²) in [6.45, 7) is 6.49. The number of hydrogen-bond donors (Lipinski definition) is 1. The van der Waals surface area contributed by atoms with E-state index in [1.54, 1.807) is 6.20 Å². The highest BCUT2D eigenvalue weighted by atomic mass is 16.4. The van der Waals surface area contributed by atoms with Gasteiger partial charge in [0.15, 0.2) is 0 Å². The maximum Gasteiger partial charge on any atom is 0.0680 e. The molecular weight excluding hydrogens is 214 g/mol. The summed E-state index contributed by atoms with van der Waals surface area (Å²) in [5.41, 5.74) is 1.78. The van der Waals surface area contributed by atoms with Crippen LogP contribution in [0.2, 0.25) is 0 Å². The highest BCUT2D eigenvalue weighted by Crippen LogP contribution is 2.03. The maximum absolute atomic E-state index is 8.72. The Bertz CT molecular complexity index is 338. The van der Waals surface area contributed by atoms with Gasteiger partial charge < -0.3 is 5.21 Å². The van der Waals surface area contributed by atoms with Crippen LogP contribution >= 0.6 is 0 Å². The van der Waals surface area contributed by atoms with E-state index < -0.39 is 0 Å². The Hall–Kier alpha value is -1.42. The summed E-state index contributed by atoms with van der Waals surface area (Å²) in [6.07, 6.45) is 4.11. The van der Waals surface area contributed by atoms with Crippen molar-refractivity contribution in [2.75, 3.05) is 13.1 Å². The summed E-state index contributed by atoms with van der Waals surface area (Å²) >= 11 is 0. The van der Waals surface area contributed by atoms with Crippen molar-refractivity contribution in [2.45, 2.75) is 33.2 Å². The first-order valence-corrected chi connectivity index (χ1v) is 6.06. The van der Waals surface area contributed by atoms with Gasteiger partial charge in [0.1, 0.15) is 0 Å². The predicted molar refractivity (Wildman–Crippen MR) is 69.3 cm³/mol. The van der Waals surface area contributed by atoms with Crippen molar-refractivity contribution in [1.29, 1.82) is 0 Å². The van der Waals surface area contributed by atoms with E-state index in [0.29, 0.717) is 6.54 Å². The average molecular weight is 235 g/mol. The molecule has 17 heavy (non-hydrogen) atoms. The lowest BCUT2D eigenvalue weighted by atomic mass is 10.2. The summed E-state index contributed by atoms with van der Waals surface area (Å²) < 4.78 is 0. The van der Waals surface area contributed by atoms with Gasteiger partial charge in [-0.2, -0.15) is 0 Å². The van der Waals surface area contributed by atoms with Crippen LogP contribution in [0.15, 0.2) is 29.6 Å². The third-order valence-electron chi connectivity index (χ3n) is 2.56. The third kappa shape index (κ3) is 5.45. The summed E-state index contributed by atoms with van der Waals surface area (Å²) in [5, 5.41) is 12.0. The predicted octanol–water partition coefficient (Wildman–Crippen LogP) is 2.53. The van der Waals surface area contributed by atoms with Gasteiger partial charge in [-0.25, -0.2) is 0 Å². The van der Waals surface area contributed by atoms with Crippen LogP contribution in [-0.2, 0) is 6.54 Å². The van der Waals surface area contributed by atoms with Crippen molar-refractivity contribution < 1.29 is 5.21 Å². The van der Waals surface area contributed by atoms with Crippen molar-refractivity contribution in [2.24, 2.45) is 5.16 Å². The van der Waals surface area contributed by atoms with Crippen LogP contribution in [0.3, 0.4) is 0 Å². The Morgan fingerprint density at radius 3 is 2.88 bits per heavy atom. The standard InChI is InChI=1S/C13H21N3O/c1-3-4-9-16(10-12(2)15-17)11-13-7-5-6-8-14-13/h5-8,17H,3-4,9-11H2,1-2H3/b15-12+. The Morgan fingerprint density at radius 1 is 1.47 bits per heavy atom. The average Bonchev–Trinajstić information content (AvgIpc) is 2.37. The molecule has 94 valence electrons. The molecule has 0 atom stereocenters. The quantitative estimate of drug-likeness (QED) is 0.449. The lowest BCUT2D eigenvalue weighted by Gasteiger charge is -2.21. The monoisotopic (exact) mass is 235 g/mol. The molecule has 0 bridgehead atoms. The first kappa shape index (κ1) is 13.6. The van der Waals surface area contributed by atoms with Crippen molar-refractivity contribution in [1.82, 2.24) is 9.88 Å². The fraction of sp³-hybridized carbons (Fsp3) is 0.538. The minimum absolute atomic E-state index is 0.688. The minimum atomic E-state index is 0.688. The van der Waals surface area contributed by atoms with E-state index in [0.717, 1.165) is 37.3 Å². The normalized spacial score (nSPS) is 12.1. The van der Waals surface area contributed by atoms with Crippen LogP contribution < -0.4 is 0 Å². The van der Waals surface area contributed by atoms with Gasteiger partial charge in [0.2, 0.25) is 0 Å². The largest absolute Gasteiger partial charge is 0.411 e. The van der Waals surface area contributed by atoms with Crippen molar-refractivity contribution in [3.05, 3.63) is 30.1 Å². The molecule has 1 rings (SSSR count). The van der Waals surface area contributed by atoms with E-state index in [-0.39, 0.29) is 0 Å². The Kier molecular flexibility index (Phi) is 6.25. The third-order valence-corrected chi connectivity index (χ3v) is 2.56. The Balaban J connectivity index is 2.56. The number of aromatic nitrogens is 1. The molecule has 1 aromatic rings. The van der Waals surface area contributed by atoms with Crippen molar-refractivity contribution in [3.8, 4) is 0 Å². The number of nitrogens with zero attached hydrogens (tertiary/aromatic N) is 3. The zero-order valence-corrected chi connectivity index (χ0v) is 10.6. The number of unbranched alkanes of at least 4 members (excludes halogenated alkanes) is 1. The fourth-order valence-corrected chi connectivity index (χ4v) is 1.67. The van der Waals surface area contributed by atoms with E-state index >= 15 is 0 Å². The molecule has 0 fully saturated rings. The first-order valence-electron chi connectivity index (χ1n) is 6.06. The highest BCUT2D eigenvalue weighted by molar-refractivity contribution is 5.83.